The zero-order valence-corrected chi connectivity index (χ0v) is 16.7. The van der Waals surface area contributed by atoms with Gasteiger partial charge >= 0.3 is 0 Å². The Bertz CT molecular complexity index is 719. The number of nitriles is 1. The number of carbonyl (C=O) groups is 1. The van der Waals surface area contributed by atoms with Gasteiger partial charge in [0.2, 0.25) is 0 Å². The van der Waals surface area contributed by atoms with Crippen LogP contribution in [0.2, 0.25) is 0 Å². The molecule has 0 saturated heterocycles. The van der Waals surface area contributed by atoms with Gasteiger partial charge in [0.15, 0.2) is 11.5 Å². The molecule has 1 aliphatic carbocycles. The third kappa shape index (κ3) is 6.02. The standard InChI is InChI=1S/C22H30N2O3/c1-15(2)14-27-20-10-9-17(12-21(20)26-4)11-18(13-23)22(25)24-19-8-6-5-7-16(19)3/h9-12,15-16,19H,5-8,14H2,1-4H3,(H,24,25)/b18-11+/t16-,19+/m1/s1. The number of nitrogens with one attached hydrogen (secondary N) is 1. The molecule has 1 aromatic rings. The van der Waals surface area contributed by atoms with Crippen molar-refractivity contribution in [3.05, 3.63) is 29.3 Å². The average Bonchev–Trinajstić information content (AvgIpc) is 2.66. The van der Waals surface area contributed by atoms with Crippen LogP contribution in [0.4, 0.5) is 0 Å². The fourth-order valence-electron chi connectivity index (χ4n) is 3.24. The number of ether oxygens (including phenoxy) is 2. The molecule has 0 unspecified atom stereocenters. The minimum Gasteiger partial charge on any atom is -0.493 e. The van der Waals surface area contributed by atoms with E-state index in [0.717, 1.165) is 24.8 Å². The van der Waals surface area contributed by atoms with Crippen LogP contribution in [-0.2, 0) is 4.79 Å². The van der Waals surface area contributed by atoms with Crippen molar-refractivity contribution in [2.24, 2.45) is 11.8 Å². The SMILES string of the molecule is COc1cc(/C=C(\C#N)C(=O)N[C@H]2CCCC[C@H]2C)ccc1OCC(C)C. The van der Waals surface area contributed by atoms with Crippen LogP contribution < -0.4 is 14.8 Å². The summed E-state index contributed by atoms with van der Waals surface area (Å²) in [5.74, 6) is 1.78. The van der Waals surface area contributed by atoms with Crippen LogP contribution in [0.5, 0.6) is 11.5 Å². The molecule has 0 radical (unpaired) electrons. The van der Waals surface area contributed by atoms with Gasteiger partial charge in [-0.25, -0.2) is 0 Å². The number of rotatable bonds is 7. The van der Waals surface area contributed by atoms with Crippen LogP contribution in [0.3, 0.4) is 0 Å². The Hall–Kier alpha value is -2.48. The van der Waals surface area contributed by atoms with Crippen molar-refractivity contribution in [3.8, 4) is 17.6 Å². The molecule has 1 aliphatic rings. The average molecular weight is 370 g/mol. The topological polar surface area (TPSA) is 71.3 Å². The van der Waals surface area contributed by atoms with Crippen LogP contribution in [0.15, 0.2) is 23.8 Å². The third-order valence-corrected chi connectivity index (χ3v) is 4.86. The van der Waals surface area contributed by atoms with E-state index in [1.54, 1.807) is 19.3 Å². The summed E-state index contributed by atoms with van der Waals surface area (Å²) >= 11 is 0. The highest BCUT2D eigenvalue weighted by Gasteiger charge is 2.24. The quantitative estimate of drug-likeness (QED) is 0.573. The highest BCUT2D eigenvalue weighted by atomic mass is 16.5. The Labute approximate surface area is 162 Å². The zero-order valence-electron chi connectivity index (χ0n) is 16.7. The first kappa shape index (κ1) is 20.8. The van der Waals surface area contributed by atoms with Crippen LogP contribution in [0, 0.1) is 23.2 Å². The normalized spacial score (nSPS) is 20.1. The molecule has 5 heteroatoms. The molecule has 0 heterocycles. The Balaban J connectivity index is 2.13. The predicted molar refractivity (Wildman–Crippen MR) is 106 cm³/mol. The summed E-state index contributed by atoms with van der Waals surface area (Å²) in [6, 6.07) is 7.58. The smallest absolute Gasteiger partial charge is 0.262 e. The van der Waals surface area contributed by atoms with Crippen molar-refractivity contribution < 1.29 is 14.3 Å². The van der Waals surface area contributed by atoms with E-state index < -0.39 is 0 Å². The lowest BCUT2D eigenvalue weighted by Crippen LogP contribution is -2.41. The van der Waals surface area contributed by atoms with Crippen LogP contribution >= 0.6 is 0 Å². The molecule has 1 saturated carbocycles. The summed E-state index contributed by atoms with van der Waals surface area (Å²) < 4.78 is 11.1. The molecule has 1 N–H and O–H groups in total. The molecule has 0 spiro atoms. The molecule has 0 aliphatic heterocycles. The Morgan fingerprint density at radius 1 is 1.33 bits per heavy atom. The fourth-order valence-corrected chi connectivity index (χ4v) is 3.24. The summed E-state index contributed by atoms with van der Waals surface area (Å²) in [7, 11) is 1.58. The molecule has 2 atom stereocenters. The molecule has 1 aromatic carbocycles. The molecule has 27 heavy (non-hydrogen) atoms. The Morgan fingerprint density at radius 2 is 2.07 bits per heavy atom. The number of hydrogen-bond donors (Lipinski definition) is 1. The molecule has 1 amide bonds. The number of benzene rings is 1. The summed E-state index contributed by atoms with van der Waals surface area (Å²) in [5.41, 5.74) is 0.831. The second kappa shape index (κ2) is 10.0. The lowest BCUT2D eigenvalue weighted by molar-refractivity contribution is -0.118. The highest BCUT2D eigenvalue weighted by molar-refractivity contribution is 6.01. The van der Waals surface area contributed by atoms with Crippen LogP contribution in [0.1, 0.15) is 52.0 Å². The van der Waals surface area contributed by atoms with E-state index in [1.165, 1.54) is 6.42 Å². The molecule has 5 nitrogen and oxygen atoms in total. The summed E-state index contributed by atoms with van der Waals surface area (Å²) in [4.78, 5) is 12.5. The van der Waals surface area contributed by atoms with Gasteiger partial charge in [0.25, 0.3) is 5.91 Å². The van der Waals surface area contributed by atoms with E-state index in [1.807, 2.05) is 18.2 Å². The van der Waals surface area contributed by atoms with Gasteiger partial charge in [0.1, 0.15) is 11.6 Å². The monoisotopic (exact) mass is 370 g/mol. The van der Waals surface area contributed by atoms with Crippen molar-refractivity contribution in [2.75, 3.05) is 13.7 Å². The van der Waals surface area contributed by atoms with E-state index >= 15 is 0 Å². The van der Waals surface area contributed by atoms with Crippen molar-refractivity contribution in [1.82, 2.24) is 5.32 Å². The molecule has 146 valence electrons. The first-order chi connectivity index (χ1) is 12.9. The summed E-state index contributed by atoms with van der Waals surface area (Å²) in [5, 5.41) is 12.5. The molecule has 0 aromatic heterocycles. The van der Waals surface area contributed by atoms with E-state index in [-0.39, 0.29) is 17.5 Å². The predicted octanol–water partition coefficient (Wildman–Crippen LogP) is 4.33. The number of hydrogen-bond acceptors (Lipinski definition) is 4. The van der Waals surface area contributed by atoms with Gasteiger partial charge in [-0.1, -0.05) is 39.7 Å². The van der Waals surface area contributed by atoms with Crippen molar-refractivity contribution in [2.45, 2.75) is 52.5 Å². The Kier molecular flexibility index (Phi) is 7.72. The van der Waals surface area contributed by atoms with Crippen molar-refractivity contribution in [3.63, 3.8) is 0 Å². The zero-order chi connectivity index (χ0) is 19.8. The number of amides is 1. The van der Waals surface area contributed by atoms with Gasteiger partial charge in [0, 0.05) is 6.04 Å². The van der Waals surface area contributed by atoms with E-state index in [2.05, 4.69) is 26.1 Å². The van der Waals surface area contributed by atoms with Gasteiger partial charge < -0.3 is 14.8 Å². The lowest BCUT2D eigenvalue weighted by Gasteiger charge is -2.29. The minimum absolute atomic E-state index is 0.102. The maximum absolute atomic E-state index is 12.5. The molecular formula is C22H30N2O3. The number of nitrogens with zero attached hydrogens (tertiary/aromatic N) is 1. The lowest BCUT2D eigenvalue weighted by atomic mass is 9.86. The van der Waals surface area contributed by atoms with Gasteiger partial charge in [0.05, 0.1) is 13.7 Å². The van der Waals surface area contributed by atoms with Crippen LogP contribution in [0.25, 0.3) is 6.08 Å². The number of carbonyl (C=O) groups excluding carboxylic acids is 1. The molecule has 1 fully saturated rings. The van der Waals surface area contributed by atoms with Gasteiger partial charge in [-0.2, -0.15) is 5.26 Å². The highest BCUT2D eigenvalue weighted by Crippen LogP contribution is 2.29. The van der Waals surface area contributed by atoms with E-state index in [0.29, 0.717) is 29.9 Å². The van der Waals surface area contributed by atoms with Gasteiger partial charge in [-0.3, -0.25) is 4.79 Å². The first-order valence-electron chi connectivity index (χ1n) is 9.68. The summed E-state index contributed by atoms with van der Waals surface area (Å²) in [6.07, 6.45) is 6.01. The largest absolute Gasteiger partial charge is 0.493 e. The van der Waals surface area contributed by atoms with Crippen molar-refractivity contribution in [1.29, 1.82) is 5.26 Å². The molecular weight excluding hydrogens is 340 g/mol. The second-order valence-electron chi connectivity index (χ2n) is 7.63. The molecule has 0 bridgehead atoms. The summed E-state index contributed by atoms with van der Waals surface area (Å²) in [6.45, 7) is 6.90. The third-order valence-electron chi connectivity index (χ3n) is 4.86. The molecule has 2 rings (SSSR count). The van der Waals surface area contributed by atoms with Gasteiger partial charge in [-0.05, 0) is 48.4 Å². The number of methoxy groups -OCH3 is 1. The Morgan fingerprint density at radius 3 is 2.70 bits per heavy atom. The second-order valence-corrected chi connectivity index (χ2v) is 7.63. The first-order valence-corrected chi connectivity index (χ1v) is 9.68. The fraction of sp³-hybridized carbons (Fsp3) is 0.545. The van der Waals surface area contributed by atoms with E-state index in [9.17, 15) is 10.1 Å². The van der Waals surface area contributed by atoms with Crippen LogP contribution in [-0.4, -0.2) is 25.7 Å². The maximum Gasteiger partial charge on any atom is 0.262 e. The van der Waals surface area contributed by atoms with Gasteiger partial charge in [-0.15, -0.1) is 0 Å². The maximum atomic E-state index is 12.5. The van der Waals surface area contributed by atoms with Crippen molar-refractivity contribution >= 4 is 12.0 Å². The minimum atomic E-state index is -0.310. The van der Waals surface area contributed by atoms with E-state index in [4.69, 9.17) is 9.47 Å².